The maximum absolute atomic E-state index is 12.0. The van der Waals surface area contributed by atoms with E-state index in [0.29, 0.717) is 0 Å². The Morgan fingerprint density at radius 3 is 2.67 bits per heavy atom. The van der Waals surface area contributed by atoms with Gasteiger partial charge in [-0.3, -0.25) is 4.79 Å². The predicted molar refractivity (Wildman–Crippen MR) is 75.5 cm³/mol. The number of hydrogen-bond donors (Lipinski definition) is 1. The van der Waals surface area contributed by atoms with Crippen molar-refractivity contribution >= 4 is 22.4 Å². The van der Waals surface area contributed by atoms with E-state index in [1.165, 1.54) is 11.3 Å². The molecule has 0 bridgehead atoms. The van der Waals surface area contributed by atoms with Crippen LogP contribution in [0.15, 0.2) is 0 Å². The molecule has 4 nitrogen and oxygen atoms in total. The van der Waals surface area contributed by atoms with Gasteiger partial charge < -0.3 is 10.2 Å². The summed E-state index contributed by atoms with van der Waals surface area (Å²) in [6, 6.07) is 0. The minimum absolute atomic E-state index is 0.0338. The number of thiazole rings is 1. The Morgan fingerprint density at radius 2 is 2.06 bits per heavy atom. The largest absolute Gasteiger partial charge is 0.351 e. The molecule has 0 atom stereocenters. The van der Waals surface area contributed by atoms with Crippen molar-refractivity contribution in [3.05, 3.63) is 10.6 Å². The minimum Gasteiger partial charge on any atom is -0.351 e. The Bertz CT molecular complexity index is 449. The van der Waals surface area contributed by atoms with Crippen LogP contribution in [0.25, 0.3) is 0 Å². The van der Waals surface area contributed by atoms with E-state index in [1.807, 2.05) is 0 Å². The van der Waals surface area contributed by atoms with E-state index in [0.717, 1.165) is 41.8 Å². The quantitative estimate of drug-likeness (QED) is 0.914. The zero-order chi connectivity index (χ0) is 13.3. The van der Waals surface area contributed by atoms with Crippen molar-refractivity contribution in [3.63, 3.8) is 0 Å². The molecule has 0 spiro atoms. The van der Waals surface area contributed by atoms with E-state index in [4.69, 9.17) is 0 Å². The van der Waals surface area contributed by atoms with Gasteiger partial charge in [-0.1, -0.05) is 25.2 Å². The van der Waals surface area contributed by atoms with Gasteiger partial charge in [-0.25, -0.2) is 4.98 Å². The van der Waals surface area contributed by atoms with Crippen molar-refractivity contribution < 1.29 is 4.79 Å². The van der Waals surface area contributed by atoms with Crippen LogP contribution in [0.2, 0.25) is 0 Å². The molecule has 0 radical (unpaired) electrons. The van der Waals surface area contributed by atoms with Gasteiger partial charge in [0.1, 0.15) is 4.88 Å². The van der Waals surface area contributed by atoms with Gasteiger partial charge in [0.2, 0.25) is 0 Å². The summed E-state index contributed by atoms with van der Waals surface area (Å²) in [4.78, 5) is 19.7. The summed E-state index contributed by atoms with van der Waals surface area (Å²) in [5.41, 5.74) is 1.04. The van der Waals surface area contributed by atoms with Crippen molar-refractivity contribution in [1.29, 1.82) is 0 Å². The molecule has 0 saturated carbocycles. The van der Waals surface area contributed by atoms with Crippen LogP contribution in [0.4, 0.5) is 5.13 Å². The molecule has 1 aromatic heterocycles. The molecule has 18 heavy (non-hydrogen) atoms. The average molecular weight is 267 g/mol. The summed E-state index contributed by atoms with van der Waals surface area (Å²) >= 11 is 1.52. The summed E-state index contributed by atoms with van der Waals surface area (Å²) in [6.45, 7) is 11.1. The molecule has 0 unspecified atom stereocenters. The number of fused-ring (bicyclic) bond motifs is 1. The lowest BCUT2D eigenvalue weighted by atomic mass is 9.88. The second-order valence-electron chi connectivity index (χ2n) is 5.47. The fraction of sp³-hybridized carbons (Fsp3) is 0.692. The molecule has 2 heterocycles. The SMILES string of the molecule is CCN(CC)c1nc2c(s1)C(=O)NCC(C)(C)C2. The van der Waals surface area contributed by atoms with Crippen LogP contribution < -0.4 is 10.2 Å². The highest BCUT2D eigenvalue weighted by atomic mass is 32.1. The van der Waals surface area contributed by atoms with Crippen LogP contribution in [-0.4, -0.2) is 30.5 Å². The Hall–Kier alpha value is -1.10. The third-order valence-corrected chi connectivity index (χ3v) is 4.46. The number of nitrogens with one attached hydrogen (secondary N) is 1. The molecule has 5 heteroatoms. The lowest BCUT2D eigenvalue weighted by Crippen LogP contribution is -2.31. The molecule has 1 aliphatic heterocycles. The van der Waals surface area contributed by atoms with Gasteiger partial charge in [0.25, 0.3) is 5.91 Å². The van der Waals surface area contributed by atoms with E-state index in [1.54, 1.807) is 0 Å². The van der Waals surface area contributed by atoms with Gasteiger partial charge in [-0.05, 0) is 25.7 Å². The Labute approximate surface area is 112 Å². The van der Waals surface area contributed by atoms with Gasteiger partial charge in [-0.2, -0.15) is 0 Å². The number of hydrogen-bond acceptors (Lipinski definition) is 4. The van der Waals surface area contributed by atoms with Crippen molar-refractivity contribution in [3.8, 4) is 0 Å². The summed E-state index contributed by atoms with van der Waals surface area (Å²) in [5, 5.41) is 3.96. The number of amides is 1. The number of nitrogens with zero attached hydrogens (tertiary/aromatic N) is 2. The number of aromatic nitrogens is 1. The third-order valence-electron chi connectivity index (χ3n) is 3.30. The summed E-state index contributed by atoms with van der Waals surface area (Å²) in [6.07, 6.45) is 0.860. The van der Waals surface area contributed by atoms with E-state index in [9.17, 15) is 4.79 Å². The average Bonchev–Trinajstić information content (AvgIpc) is 2.66. The molecular formula is C13H21N3OS. The topological polar surface area (TPSA) is 45.2 Å². The summed E-state index contributed by atoms with van der Waals surface area (Å²) in [5.74, 6) is 0.0338. The van der Waals surface area contributed by atoms with Crippen molar-refractivity contribution in [2.24, 2.45) is 5.41 Å². The van der Waals surface area contributed by atoms with Gasteiger partial charge in [0.05, 0.1) is 5.69 Å². The van der Waals surface area contributed by atoms with Crippen molar-refractivity contribution in [2.45, 2.75) is 34.1 Å². The normalized spacial score (nSPS) is 17.9. The molecular weight excluding hydrogens is 246 g/mol. The molecule has 1 aliphatic rings. The van der Waals surface area contributed by atoms with Crippen LogP contribution in [-0.2, 0) is 6.42 Å². The van der Waals surface area contributed by atoms with Gasteiger partial charge in [0.15, 0.2) is 5.13 Å². The first-order chi connectivity index (χ1) is 8.46. The number of carbonyl (C=O) groups excluding carboxylic acids is 1. The van der Waals surface area contributed by atoms with Crippen molar-refractivity contribution in [2.75, 3.05) is 24.5 Å². The first-order valence-corrected chi connectivity index (χ1v) is 7.31. The molecule has 1 amide bonds. The minimum atomic E-state index is 0.0338. The molecule has 2 rings (SSSR count). The zero-order valence-electron chi connectivity index (χ0n) is 11.5. The monoisotopic (exact) mass is 267 g/mol. The molecule has 1 N–H and O–H groups in total. The molecule has 0 aromatic carbocycles. The highest BCUT2D eigenvalue weighted by Gasteiger charge is 2.30. The van der Waals surface area contributed by atoms with Crippen LogP contribution in [0.3, 0.4) is 0 Å². The van der Waals surface area contributed by atoms with Gasteiger partial charge in [0, 0.05) is 19.6 Å². The Kier molecular flexibility index (Phi) is 3.61. The second-order valence-corrected chi connectivity index (χ2v) is 6.45. The number of rotatable bonds is 3. The molecule has 0 fully saturated rings. The van der Waals surface area contributed by atoms with Crippen LogP contribution in [0.5, 0.6) is 0 Å². The fourth-order valence-corrected chi connectivity index (χ4v) is 3.31. The van der Waals surface area contributed by atoms with E-state index >= 15 is 0 Å². The fourth-order valence-electron chi connectivity index (χ4n) is 2.18. The van der Waals surface area contributed by atoms with Crippen LogP contribution in [0.1, 0.15) is 43.1 Å². The lowest BCUT2D eigenvalue weighted by Gasteiger charge is -2.21. The summed E-state index contributed by atoms with van der Waals surface area (Å²) in [7, 11) is 0. The van der Waals surface area contributed by atoms with Gasteiger partial charge in [-0.15, -0.1) is 0 Å². The van der Waals surface area contributed by atoms with E-state index in [-0.39, 0.29) is 11.3 Å². The summed E-state index contributed by atoms with van der Waals surface area (Å²) < 4.78 is 0. The number of carbonyl (C=O) groups is 1. The third kappa shape index (κ3) is 2.51. The molecule has 100 valence electrons. The smallest absolute Gasteiger partial charge is 0.263 e. The van der Waals surface area contributed by atoms with Gasteiger partial charge >= 0.3 is 0 Å². The zero-order valence-corrected chi connectivity index (χ0v) is 12.4. The first-order valence-electron chi connectivity index (χ1n) is 6.49. The highest BCUT2D eigenvalue weighted by Crippen LogP contribution is 2.32. The maximum Gasteiger partial charge on any atom is 0.263 e. The second kappa shape index (κ2) is 4.88. The van der Waals surface area contributed by atoms with E-state index < -0.39 is 0 Å². The van der Waals surface area contributed by atoms with E-state index in [2.05, 4.69) is 42.9 Å². The standard InChI is InChI=1S/C13H21N3OS/c1-5-16(6-2)12-15-9-7-13(3,4)8-14-11(17)10(9)18-12/h5-8H2,1-4H3,(H,14,17). The molecule has 0 aliphatic carbocycles. The van der Waals surface area contributed by atoms with Crippen LogP contribution in [0, 0.1) is 5.41 Å². The Morgan fingerprint density at radius 1 is 1.39 bits per heavy atom. The molecule has 0 saturated heterocycles. The highest BCUT2D eigenvalue weighted by molar-refractivity contribution is 7.17. The predicted octanol–water partition coefficient (Wildman–Crippen LogP) is 2.30. The molecule has 1 aromatic rings. The lowest BCUT2D eigenvalue weighted by molar-refractivity contribution is 0.0948. The maximum atomic E-state index is 12.0. The van der Waals surface area contributed by atoms with Crippen molar-refractivity contribution in [1.82, 2.24) is 10.3 Å². The first kappa shape index (κ1) is 13.3. The Balaban J connectivity index is 2.37. The number of anilines is 1. The van der Waals surface area contributed by atoms with Crippen LogP contribution >= 0.6 is 11.3 Å².